The number of carbonyl (C=O) groups excluding carboxylic acids is 2. The number of rotatable bonds is 7. The molecular weight excluding hydrogens is 420 g/mol. The largest absolute Gasteiger partial charge is 0.492 e. The monoisotopic (exact) mass is 444 g/mol. The van der Waals surface area contributed by atoms with Gasteiger partial charge in [0.2, 0.25) is 0 Å². The first kappa shape index (κ1) is 21.7. The van der Waals surface area contributed by atoms with Gasteiger partial charge < -0.3 is 10.1 Å². The number of benzene rings is 3. The van der Waals surface area contributed by atoms with Crippen molar-refractivity contribution in [1.82, 2.24) is 0 Å². The minimum absolute atomic E-state index is 0.247. The van der Waals surface area contributed by atoms with Crippen LogP contribution in [0.3, 0.4) is 0 Å². The van der Waals surface area contributed by atoms with E-state index < -0.39 is 0 Å². The summed E-state index contributed by atoms with van der Waals surface area (Å²) in [6, 6.07) is 22.6. The van der Waals surface area contributed by atoms with Crippen LogP contribution in [0.1, 0.15) is 18.1 Å². The van der Waals surface area contributed by atoms with Crippen LogP contribution >= 0.6 is 11.8 Å². The highest BCUT2D eigenvalue weighted by Crippen LogP contribution is 2.39. The molecule has 3 aromatic carbocycles. The summed E-state index contributed by atoms with van der Waals surface area (Å²) in [5.74, 6) is -0.0978. The number of imide groups is 1. The topological polar surface area (TPSA) is 58.6 Å². The van der Waals surface area contributed by atoms with Gasteiger partial charge in [-0.1, -0.05) is 54.2 Å². The molecular formula is C26H24N2O3S. The summed E-state index contributed by atoms with van der Waals surface area (Å²) in [6.07, 6.45) is 0. The fourth-order valence-electron chi connectivity index (χ4n) is 3.50. The Hall–Kier alpha value is -3.51. The summed E-state index contributed by atoms with van der Waals surface area (Å²) >= 11 is 1.28. The molecule has 1 aliphatic rings. The van der Waals surface area contributed by atoms with Gasteiger partial charge >= 0.3 is 0 Å². The Bertz CT molecular complexity index is 1200. The van der Waals surface area contributed by atoms with Gasteiger partial charge in [-0.2, -0.15) is 0 Å². The number of carbonyl (C=O) groups is 2. The molecule has 1 aliphatic heterocycles. The molecule has 4 rings (SSSR count). The zero-order valence-corrected chi connectivity index (χ0v) is 19.0. The molecule has 3 aromatic rings. The molecule has 0 spiro atoms. The first-order valence-electron chi connectivity index (χ1n) is 10.4. The van der Waals surface area contributed by atoms with Crippen molar-refractivity contribution >= 4 is 35.0 Å². The average molecular weight is 445 g/mol. The van der Waals surface area contributed by atoms with Gasteiger partial charge in [0.15, 0.2) is 0 Å². The second-order valence-corrected chi connectivity index (χ2v) is 8.42. The summed E-state index contributed by atoms with van der Waals surface area (Å²) < 4.78 is 5.71. The van der Waals surface area contributed by atoms with Gasteiger partial charge in [0.25, 0.3) is 11.8 Å². The molecule has 0 aliphatic carbocycles. The Morgan fingerprint density at radius 3 is 2.34 bits per heavy atom. The van der Waals surface area contributed by atoms with Crippen LogP contribution in [-0.2, 0) is 9.59 Å². The van der Waals surface area contributed by atoms with Gasteiger partial charge in [-0.15, -0.1) is 0 Å². The zero-order chi connectivity index (χ0) is 22.7. The first-order chi connectivity index (χ1) is 15.5. The molecule has 5 nitrogen and oxygen atoms in total. The van der Waals surface area contributed by atoms with Crippen molar-refractivity contribution < 1.29 is 14.3 Å². The van der Waals surface area contributed by atoms with E-state index in [2.05, 4.69) is 5.32 Å². The fraction of sp³-hybridized carbons (Fsp3) is 0.154. The van der Waals surface area contributed by atoms with Gasteiger partial charge in [0.05, 0.1) is 18.0 Å². The van der Waals surface area contributed by atoms with Gasteiger partial charge in [0.1, 0.15) is 16.4 Å². The highest BCUT2D eigenvalue weighted by Gasteiger charge is 2.41. The van der Waals surface area contributed by atoms with Crippen LogP contribution in [0.15, 0.2) is 88.3 Å². The summed E-state index contributed by atoms with van der Waals surface area (Å²) in [4.78, 5) is 29.6. The highest BCUT2D eigenvalue weighted by atomic mass is 32.2. The summed E-state index contributed by atoms with van der Waals surface area (Å²) in [6.45, 7) is 6.28. The molecule has 1 N–H and O–H groups in total. The van der Waals surface area contributed by atoms with Gasteiger partial charge in [-0.25, -0.2) is 4.90 Å². The highest BCUT2D eigenvalue weighted by molar-refractivity contribution is 8.04. The molecule has 0 fully saturated rings. The minimum Gasteiger partial charge on any atom is -0.492 e. The number of anilines is 2. The maximum Gasteiger partial charge on any atom is 0.283 e. The molecule has 0 bridgehead atoms. The van der Waals surface area contributed by atoms with Crippen LogP contribution < -0.4 is 15.0 Å². The maximum absolute atomic E-state index is 13.6. The molecule has 0 saturated heterocycles. The van der Waals surface area contributed by atoms with Crippen LogP contribution in [0.4, 0.5) is 11.4 Å². The number of hydrogen-bond donors (Lipinski definition) is 1. The van der Waals surface area contributed by atoms with E-state index in [1.165, 1.54) is 16.7 Å². The van der Waals surface area contributed by atoms with Gasteiger partial charge in [0, 0.05) is 4.90 Å². The predicted molar refractivity (Wildman–Crippen MR) is 129 cm³/mol. The van der Waals surface area contributed by atoms with Crippen molar-refractivity contribution in [3.8, 4) is 5.75 Å². The van der Waals surface area contributed by atoms with E-state index in [4.69, 9.17) is 4.74 Å². The zero-order valence-electron chi connectivity index (χ0n) is 18.2. The van der Waals surface area contributed by atoms with Crippen molar-refractivity contribution in [2.75, 3.05) is 16.8 Å². The van der Waals surface area contributed by atoms with Crippen molar-refractivity contribution in [1.29, 1.82) is 0 Å². The van der Waals surface area contributed by atoms with Crippen LogP contribution in [-0.4, -0.2) is 18.4 Å². The standard InChI is InChI=1S/C26H24N2O3S/c1-4-31-22-16-9-8-14-20(22)27-23-24(32-19-12-6-5-7-13-19)26(30)28(25(23)29)21-15-10-11-17(2)18(21)3/h5-16,27H,4H2,1-3H3. The maximum atomic E-state index is 13.6. The van der Waals surface area contributed by atoms with E-state index in [0.29, 0.717) is 28.6 Å². The predicted octanol–water partition coefficient (Wildman–Crippen LogP) is 5.69. The number of hydrogen-bond acceptors (Lipinski definition) is 5. The van der Waals surface area contributed by atoms with Crippen LogP contribution in [0.5, 0.6) is 5.75 Å². The molecule has 1 heterocycles. The second-order valence-electron chi connectivity index (χ2n) is 7.34. The normalized spacial score (nSPS) is 13.7. The molecule has 2 amide bonds. The van der Waals surface area contributed by atoms with Crippen molar-refractivity contribution in [2.45, 2.75) is 25.7 Å². The summed E-state index contributed by atoms with van der Waals surface area (Å²) in [7, 11) is 0. The van der Waals surface area contributed by atoms with Crippen molar-refractivity contribution in [2.24, 2.45) is 0 Å². The number of aryl methyl sites for hydroxylation is 1. The Kier molecular flexibility index (Phi) is 6.32. The second kappa shape index (κ2) is 9.32. The van der Waals surface area contributed by atoms with E-state index in [-0.39, 0.29) is 17.5 Å². The van der Waals surface area contributed by atoms with Crippen LogP contribution in [0, 0.1) is 13.8 Å². The molecule has 0 unspecified atom stereocenters. The number of para-hydroxylation sites is 2. The lowest BCUT2D eigenvalue weighted by Crippen LogP contribution is -2.33. The Morgan fingerprint density at radius 2 is 1.59 bits per heavy atom. The van der Waals surface area contributed by atoms with Gasteiger partial charge in [-0.3, -0.25) is 9.59 Å². The fourth-order valence-corrected chi connectivity index (χ4v) is 4.45. The first-order valence-corrected chi connectivity index (χ1v) is 11.2. The molecule has 0 saturated carbocycles. The van der Waals surface area contributed by atoms with E-state index >= 15 is 0 Å². The summed E-state index contributed by atoms with van der Waals surface area (Å²) in [5.41, 5.74) is 3.40. The molecule has 0 atom stereocenters. The minimum atomic E-state index is -0.381. The van der Waals surface area contributed by atoms with Gasteiger partial charge in [-0.05, 0) is 62.2 Å². The van der Waals surface area contributed by atoms with Crippen molar-refractivity contribution in [3.05, 3.63) is 94.5 Å². The quantitative estimate of drug-likeness (QED) is 0.474. The molecule has 0 radical (unpaired) electrons. The SMILES string of the molecule is CCOc1ccccc1NC1=C(Sc2ccccc2)C(=O)N(c2cccc(C)c2C)C1=O. The van der Waals surface area contributed by atoms with Crippen LogP contribution in [0.25, 0.3) is 0 Å². The number of amides is 2. The molecule has 6 heteroatoms. The van der Waals surface area contributed by atoms with E-state index in [9.17, 15) is 9.59 Å². The lowest BCUT2D eigenvalue weighted by atomic mass is 10.1. The third-order valence-electron chi connectivity index (χ3n) is 5.27. The lowest BCUT2D eigenvalue weighted by molar-refractivity contribution is -0.120. The molecule has 162 valence electrons. The Balaban J connectivity index is 1.79. The van der Waals surface area contributed by atoms with E-state index in [0.717, 1.165) is 16.0 Å². The van der Waals surface area contributed by atoms with E-state index in [1.54, 1.807) is 6.07 Å². The number of ether oxygens (including phenoxy) is 1. The van der Waals surface area contributed by atoms with Crippen LogP contribution in [0.2, 0.25) is 0 Å². The number of nitrogens with one attached hydrogen (secondary N) is 1. The average Bonchev–Trinajstić information content (AvgIpc) is 3.02. The lowest BCUT2D eigenvalue weighted by Gasteiger charge is -2.19. The van der Waals surface area contributed by atoms with Crippen molar-refractivity contribution in [3.63, 3.8) is 0 Å². The summed E-state index contributed by atoms with van der Waals surface area (Å²) in [5, 5.41) is 3.20. The number of nitrogens with zero attached hydrogens (tertiary/aromatic N) is 1. The Labute approximate surface area is 192 Å². The third-order valence-corrected chi connectivity index (χ3v) is 6.36. The molecule has 0 aromatic heterocycles. The third kappa shape index (κ3) is 4.14. The van der Waals surface area contributed by atoms with E-state index in [1.807, 2.05) is 87.5 Å². The molecule has 32 heavy (non-hydrogen) atoms. The number of thioether (sulfide) groups is 1. The smallest absolute Gasteiger partial charge is 0.283 e. The Morgan fingerprint density at radius 1 is 0.875 bits per heavy atom.